The maximum Gasteiger partial charge on any atom is 0.260 e. The van der Waals surface area contributed by atoms with Crippen molar-refractivity contribution in [1.82, 2.24) is 9.29 Å². The van der Waals surface area contributed by atoms with Gasteiger partial charge in [0.2, 0.25) is 10.0 Å². The first-order valence-electron chi connectivity index (χ1n) is 10.5. The van der Waals surface area contributed by atoms with E-state index in [0.717, 1.165) is 36.3 Å². The van der Waals surface area contributed by atoms with Gasteiger partial charge < -0.3 is 4.42 Å². The number of hydrogen-bond acceptors (Lipinski definition) is 6. The molecule has 7 nitrogen and oxygen atoms in total. The van der Waals surface area contributed by atoms with E-state index in [1.807, 2.05) is 0 Å². The molecule has 11 heteroatoms. The average Bonchev–Trinajstić information content (AvgIpc) is 3.59. The smallest absolute Gasteiger partial charge is 0.260 e. The van der Waals surface area contributed by atoms with E-state index in [1.165, 1.54) is 39.7 Å². The minimum Gasteiger partial charge on any atom is -0.467 e. The van der Waals surface area contributed by atoms with Crippen LogP contribution in [0.2, 0.25) is 0 Å². The number of aromatic nitrogens is 1. The minimum absolute atomic E-state index is 0.00356. The molecule has 3 heterocycles. The van der Waals surface area contributed by atoms with Gasteiger partial charge >= 0.3 is 0 Å². The lowest BCUT2D eigenvalue weighted by Crippen LogP contribution is -2.30. The number of sulfonamides is 1. The van der Waals surface area contributed by atoms with Gasteiger partial charge in [0.1, 0.15) is 17.1 Å². The number of nitrogens with zero attached hydrogens (tertiary/aromatic N) is 3. The number of anilines is 1. The predicted octanol–water partition coefficient (Wildman–Crippen LogP) is 4.80. The third-order valence-corrected chi connectivity index (χ3v) is 8.51. The standard InChI is InChI=1S/C23H19F2N3O4S2/c24-16-12-19(25)21-20(13-16)33-23(26-21)28(14-17-4-3-11-32-17)22(29)15-5-7-18(8-6-15)34(30,31)27-9-1-2-10-27/h3-8,11-13H,1-2,9-10,14H2. The van der Waals surface area contributed by atoms with E-state index in [9.17, 15) is 22.0 Å². The summed E-state index contributed by atoms with van der Waals surface area (Å²) >= 11 is 0.973. The molecule has 1 aliphatic rings. The quantitative estimate of drug-likeness (QED) is 0.378. The van der Waals surface area contributed by atoms with Crippen LogP contribution in [0.1, 0.15) is 29.0 Å². The van der Waals surface area contributed by atoms with Crippen molar-refractivity contribution < 1.29 is 26.4 Å². The largest absolute Gasteiger partial charge is 0.467 e. The van der Waals surface area contributed by atoms with Crippen molar-refractivity contribution in [2.24, 2.45) is 0 Å². The van der Waals surface area contributed by atoms with Gasteiger partial charge in [-0.15, -0.1) is 0 Å². The second-order valence-corrected chi connectivity index (χ2v) is 10.8. The van der Waals surface area contributed by atoms with Gasteiger partial charge in [-0.2, -0.15) is 4.31 Å². The molecular weight excluding hydrogens is 484 g/mol. The fraction of sp³-hybridized carbons (Fsp3) is 0.217. The van der Waals surface area contributed by atoms with Gasteiger partial charge in [-0.1, -0.05) is 11.3 Å². The van der Waals surface area contributed by atoms with Crippen LogP contribution >= 0.6 is 11.3 Å². The molecule has 1 saturated heterocycles. The molecule has 2 aromatic heterocycles. The Kier molecular flexibility index (Phi) is 5.92. The molecular formula is C23H19F2N3O4S2. The van der Waals surface area contributed by atoms with Crippen LogP contribution in [0.25, 0.3) is 10.2 Å². The predicted molar refractivity (Wildman–Crippen MR) is 123 cm³/mol. The van der Waals surface area contributed by atoms with Gasteiger partial charge in [0, 0.05) is 24.7 Å². The third kappa shape index (κ3) is 4.22. The molecule has 0 saturated carbocycles. The molecule has 0 bridgehead atoms. The first-order valence-corrected chi connectivity index (χ1v) is 12.8. The van der Waals surface area contributed by atoms with E-state index >= 15 is 0 Å². The molecule has 0 aliphatic carbocycles. The topological polar surface area (TPSA) is 83.7 Å². The summed E-state index contributed by atoms with van der Waals surface area (Å²) in [6, 6.07) is 10.9. The number of hydrogen-bond donors (Lipinski definition) is 0. The maximum absolute atomic E-state index is 14.2. The lowest BCUT2D eigenvalue weighted by molar-refractivity contribution is 0.0983. The Hall–Kier alpha value is -3.15. The fourth-order valence-electron chi connectivity index (χ4n) is 3.85. The van der Waals surface area contributed by atoms with E-state index in [0.29, 0.717) is 18.8 Å². The van der Waals surface area contributed by atoms with Crippen LogP contribution in [-0.4, -0.2) is 36.7 Å². The molecule has 176 valence electrons. The number of carbonyl (C=O) groups excluding carboxylic acids is 1. The minimum atomic E-state index is -3.61. The van der Waals surface area contributed by atoms with E-state index in [2.05, 4.69) is 4.98 Å². The van der Waals surface area contributed by atoms with Gasteiger partial charge in [0.05, 0.1) is 22.4 Å². The Labute approximate surface area is 198 Å². The van der Waals surface area contributed by atoms with E-state index in [1.54, 1.807) is 12.1 Å². The molecule has 1 aliphatic heterocycles. The number of rotatable bonds is 6. The van der Waals surface area contributed by atoms with Crippen molar-refractivity contribution in [2.45, 2.75) is 24.3 Å². The molecule has 0 radical (unpaired) electrons. The van der Waals surface area contributed by atoms with Gasteiger partial charge in [-0.3, -0.25) is 9.69 Å². The first kappa shape index (κ1) is 22.6. The number of thiazole rings is 1. The molecule has 5 rings (SSSR count). The van der Waals surface area contributed by atoms with Crippen LogP contribution in [0.4, 0.5) is 13.9 Å². The lowest BCUT2D eigenvalue weighted by atomic mass is 10.2. The summed E-state index contributed by atoms with van der Waals surface area (Å²) < 4.78 is 60.5. The normalized spacial score (nSPS) is 14.6. The van der Waals surface area contributed by atoms with Crippen molar-refractivity contribution in [2.75, 3.05) is 18.0 Å². The molecule has 4 aromatic rings. The zero-order valence-corrected chi connectivity index (χ0v) is 19.4. The van der Waals surface area contributed by atoms with Crippen LogP contribution in [0.3, 0.4) is 0 Å². The van der Waals surface area contributed by atoms with Crippen LogP contribution < -0.4 is 4.90 Å². The molecule has 1 amide bonds. The Morgan fingerprint density at radius 3 is 2.53 bits per heavy atom. The number of amides is 1. The summed E-state index contributed by atoms with van der Waals surface area (Å²) in [5.41, 5.74) is 0.184. The molecule has 0 atom stereocenters. The fourth-order valence-corrected chi connectivity index (χ4v) is 6.37. The van der Waals surface area contributed by atoms with E-state index in [-0.39, 0.29) is 32.4 Å². The molecule has 2 aromatic carbocycles. The highest BCUT2D eigenvalue weighted by molar-refractivity contribution is 7.89. The van der Waals surface area contributed by atoms with E-state index in [4.69, 9.17) is 4.42 Å². The number of carbonyl (C=O) groups is 1. The van der Waals surface area contributed by atoms with E-state index < -0.39 is 27.6 Å². The summed E-state index contributed by atoms with van der Waals surface area (Å²) in [6.45, 7) is 0.965. The number of benzene rings is 2. The second kappa shape index (κ2) is 8.90. The summed E-state index contributed by atoms with van der Waals surface area (Å²) in [7, 11) is -3.61. The van der Waals surface area contributed by atoms with Crippen molar-refractivity contribution in [3.05, 3.63) is 77.8 Å². The monoisotopic (exact) mass is 503 g/mol. The van der Waals surface area contributed by atoms with Crippen LogP contribution in [0.5, 0.6) is 0 Å². The Morgan fingerprint density at radius 1 is 1.12 bits per heavy atom. The highest BCUT2D eigenvalue weighted by atomic mass is 32.2. The highest BCUT2D eigenvalue weighted by Crippen LogP contribution is 2.33. The number of halogens is 2. The lowest BCUT2D eigenvalue weighted by Gasteiger charge is -2.19. The summed E-state index contributed by atoms with van der Waals surface area (Å²) in [5.74, 6) is -1.58. The van der Waals surface area contributed by atoms with Gasteiger partial charge in [0.25, 0.3) is 5.91 Å². The first-order chi connectivity index (χ1) is 16.3. The summed E-state index contributed by atoms with van der Waals surface area (Å²) in [5, 5.41) is 0.162. The van der Waals surface area contributed by atoms with Crippen LogP contribution in [-0.2, 0) is 16.6 Å². The summed E-state index contributed by atoms with van der Waals surface area (Å²) in [6.07, 6.45) is 3.11. The molecule has 0 spiro atoms. The van der Waals surface area contributed by atoms with Gasteiger partial charge in [-0.05, 0) is 55.3 Å². The Morgan fingerprint density at radius 2 is 1.85 bits per heavy atom. The van der Waals surface area contributed by atoms with Crippen molar-refractivity contribution in [3.8, 4) is 0 Å². The Balaban J connectivity index is 1.49. The Bertz CT molecular complexity index is 1450. The van der Waals surface area contributed by atoms with Crippen molar-refractivity contribution >= 4 is 42.6 Å². The maximum atomic E-state index is 14.2. The van der Waals surface area contributed by atoms with Crippen LogP contribution in [0.15, 0.2) is 64.1 Å². The zero-order chi connectivity index (χ0) is 23.9. The van der Waals surface area contributed by atoms with Gasteiger partial charge in [0.15, 0.2) is 10.9 Å². The second-order valence-electron chi connectivity index (χ2n) is 7.84. The molecule has 0 unspecified atom stereocenters. The number of furan rings is 1. The zero-order valence-electron chi connectivity index (χ0n) is 17.8. The van der Waals surface area contributed by atoms with Gasteiger partial charge in [-0.25, -0.2) is 22.2 Å². The summed E-state index contributed by atoms with van der Waals surface area (Å²) in [4.78, 5) is 19.1. The highest BCUT2D eigenvalue weighted by Gasteiger charge is 2.28. The number of fused-ring (bicyclic) bond motifs is 1. The van der Waals surface area contributed by atoms with Crippen molar-refractivity contribution in [3.63, 3.8) is 0 Å². The molecule has 0 N–H and O–H groups in total. The third-order valence-electron chi connectivity index (χ3n) is 5.58. The van der Waals surface area contributed by atoms with Crippen LogP contribution in [0, 0.1) is 11.6 Å². The molecule has 34 heavy (non-hydrogen) atoms. The molecule has 1 fully saturated rings. The SMILES string of the molecule is O=C(c1ccc(S(=O)(=O)N2CCCC2)cc1)N(Cc1ccco1)c1nc2c(F)cc(F)cc2s1. The average molecular weight is 504 g/mol. The van der Waals surface area contributed by atoms with Crippen molar-refractivity contribution in [1.29, 1.82) is 0 Å².